The zero-order valence-electron chi connectivity index (χ0n) is 15.3. The van der Waals surface area contributed by atoms with Gasteiger partial charge in [-0.2, -0.15) is 16.8 Å². The predicted octanol–water partition coefficient (Wildman–Crippen LogP) is 1.31. The van der Waals surface area contributed by atoms with Crippen molar-refractivity contribution in [2.45, 2.75) is 9.79 Å². The van der Waals surface area contributed by atoms with Crippen molar-refractivity contribution in [3.8, 4) is 0 Å². The highest BCUT2D eigenvalue weighted by Crippen LogP contribution is 2.13. The molecule has 0 aliphatic rings. The Balaban J connectivity index is 1.77. The third kappa shape index (κ3) is 7.48. The summed E-state index contributed by atoms with van der Waals surface area (Å²) in [5.74, 6) is 0. The van der Waals surface area contributed by atoms with Crippen LogP contribution in [0.15, 0.2) is 68.3 Å². The molecule has 11 heteroatoms. The average Bonchev–Trinajstić information content (AvgIpc) is 2.66. The summed E-state index contributed by atoms with van der Waals surface area (Å²) in [7, 11) is -8.60. The van der Waals surface area contributed by atoms with Gasteiger partial charge in [0.05, 0.1) is 13.1 Å². The van der Waals surface area contributed by atoms with Gasteiger partial charge in [-0.3, -0.25) is 19.1 Å². The second-order valence-electron chi connectivity index (χ2n) is 5.85. The van der Waals surface area contributed by atoms with Gasteiger partial charge in [-0.05, 0) is 12.1 Å². The summed E-state index contributed by atoms with van der Waals surface area (Å²) in [6, 6.07) is 12.0. The first-order valence-corrected chi connectivity index (χ1v) is 11.4. The summed E-state index contributed by atoms with van der Waals surface area (Å²) >= 11 is 0. The molecule has 0 radical (unpaired) electrons. The van der Waals surface area contributed by atoms with Crippen molar-refractivity contribution in [1.82, 2.24) is 5.32 Å². The van der Waals surface area contributed by atoms with E-state index < -0.39 is 20.2 Å². The quantitative estimate of drug-likeness (QED) is 0.287. The maximum atomic E-state index is 11.3. The molecule has 2 aromatic carbocycles. The number of nitrogens with zero attached hydrogens (tertiary/aromatic N) is 2. The summed E-state index contributed by atoms with van der Waals surface area (Å²) in [4.78, 5) is 7.85. The van der Waals surface area contributed by atoms with Crippen LogP contribution in [0.5, 0.6) is 0 Å². The first-order chi connectivity index (χ1) is 13.7. The summed E-state index contributed by atoms with van der Waals surface area (Å²) in [6.45, 7) is 1.80. The Kier molecular flexibility index (Phi) is 8.17. The van der Waals surface area contributed by atoms with Crippen molar-refractivity contribution < 1.29 is 25.9 Å². The van der Waals surface area contributed by atoms with E-state index in [1.165, 1.54) is 36.7 Å². The normalized spacial score (nSPS) is 12.8. The van der Waals surface area contributed by atoms with Gasteiger partial charge >= 0.3 is 0 Å². The molecule has 3 N–H and O–H groups in total. The molecule has 0 fully saturated rings. The van der Waals surface area contributed by atoms with E-state index in [0.717, 1.165) is 0 Å². The van der Waals surface area contributed by atoms with E-state index in [2.05, 4.69) is 15.3 Å². The first kappa shape index (κ1) is 22.8. The van der Waals surface area contributed by atoms with Crippen LogP contribution in [0.4, 0.5) is 0 Å². The smallest absolute Gasteiger partial charge is 0.295 e. The third-order valence-electron chi connectivity index (χ3n) is 3.69. The minimum absolute atomic E-state index is 0.198. The second-order valence-corrected chi connectivity index (χ2v) is 8.63. The molecule has 29 heavy (non-hydrogen) atoms. The lowest BCUT2D eigenvalue weighted by Gasteiger charge is -2.03. The standard InChI is InChI=1S/C18H21N3O6S2/c22-28(23,24)17-7-3-1-5-15(17)13-20-11-9-19-10-12-21-14-16-6-2-4-8-18(16)29(25,26)27/h1-8,13-14,19H,9-12H2,(H,22,23,24)(H,25,26,27). The van der Waals surface area contributed by atoms with Gasteiger partial charge in [-0.15, -0.1) is 0 Å². The highest BCUT2D eigenvalue weighted by Gasteiger charge is 2.13. The predicted molar refractivity (Wildman–Crippen MR) is 110 cm³/mol. The summed E-state index contributed by atoms with van der Waals surface area (Å²) in [5.41, 5.74) is 0.606. The van der Waals surface area contributed by atoms with E-state index in [1.807, 2.05) is 0 Å². The molecule has 0 spiro atoms. The monoisotopic (exact) mass is 439 g/mol. The van der Waals surface area contributed by atoms with Crippen molar-refractivity contribution >= 4 is 32.7 Å². The Morgan fingerprint density at radius 1 is 0.724 bits per heavy atom. The molecule has 0 aromatic heterocycles. The van der Waals surface area contributed by atoms with Gasteiger partial charge in [0.1, 0.15) is 9.79 Å². The van der Waals surface area contributed by atoms with E-state index in [0.29, 0.717) is 37.3 Å². The molecule has 0 heterocycles. The highest BCUT2D eigenvalue weighted by atomic mass is 32.2. The molecule has 0 aliphatic carbocycles. The number of benzene rings is 2. The SMILES string of the molecule is O=S(=O)(O)c1ccccc1C=NCCNCCN=Cc1ccccc1S(=O)(=O)O. The summed E-state index contributed by atoms with van der Waals surface area (Å²) in [6.07, 6.45) is 2.77. The number of nitrogens with one attached hydrogen (secondary N) is 1. The molecular formula is C18H21N3O6S2. The Morgan fingerprint density at radius 3 is 1.48 bits per heavy atom. The van der Waals surface area contributed by atoms with Gasteiger partial charge in [0, 0.05) is 36.6 Å². The van der Waals surface area contributed by atoms with Crippen molar-refractivity contribution in [3.63, 3.8) is 0 Å². The maximum Gasteiger partial charge on any atom is 0.295 e. The van der Waals surface area contributed by atoms with Crippen LogP contribution in [0.25, 0.3) is 0 Å². The number of hydrogen-bond acceptors (Lipinski definition) is 7. The van der Waals surface area contributed by atoms with Gasteiger partial charge in [-0.25, -0.2) is 0 Å². The van der Waals surface area contributed by atoms with E-state index in [4.69, 9.17) is 0 Å². The van der Waals surface area contributed by atoms with Gasteiger partial charge < -0.3 is 5.32 Å². The lowest BCUT2D eigenvalue weighted by Crippen LogP contribution is -2.21. The Bertz CT molecular complexity index is 1010. The Morgan fingerprint density at radius 2 is 1.10 bits per heavy atom. The minimum Gasteiger partial charge on any atom is -0.313 e. The molecule has 2 rings (SSSR count). The van der Waals surface area contributed by atoms with Crippen LogP contribution in [0.1, 0.15) is 11.1 Å². The molecular weight excluding hydrogens is 418 g/mol. The van der Waals surface area contributed by atoms with E-state index in [9.17, 15) is 25.9 Å². The Hall–Kier alpha value is -2.44. The van der Waals surface area contributed by atoms with Gasteiger partial charge in [-0.1, -0.05) is 36.4 Å². The van der Waals surface area contributed by atoms with Crippen LogP contribution in [-0.4, -0.2) is 64.5 Å². The lowest BCUT2D eigenvalue weighted by atomic mass is 10.2. The number of aliphatic imine (C=N–C) groups is 2. The fourth-order valence-electron chi connectivity index (χ4n) is 2.38. The summed E-state index contributed by atoms with van der Waals surface area (Å²) in [5, 5.41) is 3.08. The molecule has 0 aliphatic heterocycles. The van der Waals surface area contributed by atoms with Crippen molar-refractivity contribution in [2.75, 3.05) is 26.2 Å². The molecule has 0 unspecified atom stereocenters. The highest BCUT2D eigenvalue weighted by molar-refractivity contribution is 7.86. The molecule has 2 aromatic rings. The van der Waals surface area contributed by atoms with Crippen LogP contribution < -0.4 is 5.32 Å². The fourth-order valence-corrected chi connectivity index (χ4v) is 3.72. The maximum absolute atomic E-state index is 11.3. The minimum atomic E-state index is -4.30. The summed E-state index contributed by atoms with van der Waals surface area (Å²) < 4.78 is 63.5. The first-order valence-electron chi connectivity index (χ1n) is 8.53. The molecule has 156 valence electrons. The van der Waals surface area contributed by atoms with Crippen molar-refractivity contribution in [1.29, 1.82) is 0 Å². The van der Waals surface area contributed by atoms with E-state index in [1.54, 1.807) is 24.3 Å². The van der Waals surface area contributed by atoms with Crippen LogP contribution in [-0.2, 0) is 20.2 Å². The van der Waals surface area contributed by atoms with Crippen molar-refractivity contribution in [3.05, 3.63) is 59.7 Å². The fraction of sp³-hybridized carbons (Fsp3) is 0.222. The zero-order valence-corrected chi connectivity index (χ0v) is 17.0. The lowest BCUT2D eigenvalue weighted by molar-refractivity contribution is 0.481. The molecule has 0 saturated carbocycles. The molecule has 0 bridgehead atoms. The van der Waals surface area contributed by atoms with Crippen LogP contribution >= 0.6 is 0 Å². The van der Waals surface area contributed by atoms with Crippen LogP contribution in [0.2, 0.25) is 0 Å². The second kappa shape index (κ2) is 10.4. The van der Waals surface area contributed by atoms with Crippen LogP contribution in [0.3, 0.4) is 0 Å². The zero-order chi connectivity index (χ0) is 21.3. The third-order valence-corrected chi connectivity index (χ3v) is 5.55. The largest absolute Gasteiger partial charge is 0.313 e. The van der Waals surface area contributed by atoms with Gasteiger partial charge in [0.15, 0.2) is 0 Å². The topological polar surface area (TPSA) is 145 Å². The van der Waals surface area contributed by atoms with E-state index in [-0.39, 0.29) is 9.79 Å². The van der Waals surface area contributed by atoms with Crippen LogP contribution in [0, 0.1) is 0 Å². The molecule has 0 amide bonds. The van der Waals surface area contributed by atoms with Gasteiger partial charge in [0.2, 0.25) is 0 Å². The molecule has 0 atom stereocenters. The van der Waals surface area contributed by atoms with Crippen molar-refractivity contribution in [2.24, 2.45) is 9.98 Å². The number of rotatable bonds is 10. The number of hydrogen-bond donors (Lipinski definition) is 3. The van der Waals surface area contributed by atoms with E-state index >= 15 is 0 Å². The molecule has 9 nitrogen and oxygen atoms in total. The molecule has 0 saturated heterocycles. The van der Waals surface area contributed by atoms with Gasteiger partial charge in [0.25, 0.3) is 20.2 Å². The average molecular weight is 440 g/mol. The Labute approximate surface area is 169 Å².